The number of hydrogen-bond donors (Lipinski definition) is 1. The first kappa shape index (κ1) is 29.9. The molecule has 1 N–H and O–H groups in total. The van der Waals surface area contributed by atoms with E-state index < -0.39 is 11.4 Å². The van der Waals surface area contributed by atoms with Crippen LogP contribution in [0.15, 0.2) is 36.4 Å². The third-order valence-electron chi connectivity index (χ3n) is 6.55. The number of ether oxygens (including phenoxy) is 3. The van der Waals surface area contributed by atoms with Gasteiger partial charge in [-0.3, -0.25) is 4.79 Å². The molecule has 0 bridgehead atoms. The molecule has 5 nitrogen and oxygen atoms in total. The van der Waals surface area contributed by atoms with Gasteiger partial charge in [0.15, 0.2) is 5.79 Å². The molecule has 2 aromatic rings. The van der Waals surface area contributed by atoms with Gasteiger partial charge in [0, 0.05) is 5.41 Å². The Kier molecular flexibility index (Phi) is 9.77. The summed E-state index contributed by atoms with van der Waals surface area (Å²) in [6.07, 6.45) is 1.93. The highest BCUT2D eigenvalue weighted by molar-refractivity contribution is 5.73. The van der Waals surface area contributed by atoms with Crippen LogP contribution in [0.3, 0.4) is 0 Å². The Morgan fingerprint density at radius 3 is 1.94 bits per heavy atom. The van der Waals surface area contributed by atoms with E-state index in [1.807, 2.05) is 33.8 Å². The molecule has 2 rings (SSSR count). The van der Waals surface area contributed by atoms with Crippen LogP contribution in [0.1, 0.15) is 96.0 Å². The molecule has 0 unspecified atom stereocenters. The van der Waals surface area contributed by atoms with E-state index in [9.17, 15) is 9.90 Å². The summed E-state index contributed by atoms with van der Waals surface area (Å²) < 4.78 is 17.1. The zero-order valence-electron chi connectivity index (χ0n) is 24.0. The Morgan fingerprint density at radius 2 is 1.47 bits per heavy atom. The lowest BCUT2D eigenvalue weighted by Crippen LogP contribution is -2.32. The Bertz CT molecular complexity index is 1020. The zero-order valence-corrected chi connectivity index (χ0v) is 24.0. The van der Waals surface area contributed by atoms with Crippen LogP contribution in [0.25, 0.3) is 0 Å². The van der Waals surface area contributed by atoms with E-state index in [0.717, 1.165) is 35.3 Å². The molecule has 1 atom stereocenters. The van der Waals surface area contributed by atoms with Crippen molar-refractivity contribution in [2.45, 2.75) is 111 Å². The molecule has 0 heterocycles. The second-order valence-corrected chi connectivity index (χ2v) is 11.4. The number of carbonyl (C=O) groups excluding carboxylic acids is 1. The molecule has 0 radical (unpaired) electrons. The number of carbonyl (C=O) groups is 1. The summed E-state index contributed by atoms with van der Waals surface area (Å²) in [7, 11) is 0. The lowest BCUT2D eigenvalue weighted by atomic mass is 9.70. The summed E-state index contributed by atoms with van der Waals surface area (Å²) in [6.45, 7) is 19.7. The Balaban J connectivity index is 2.28. The van der Waals surface area contributed by atoms with Gasteiger partial charge in [0.05, 0.1) is 12.5 Å². The van der Waals surface area contributed by atoms with Crippen LogP contribution in [-0.4, -0.2) is 35.2 Å². The lowest BCUT2D eigenvalue weighted by molar-refractivity contribution is -0.206. The van der Waals surface area contributed by atoms with Gasteiger partial charge in [0.1, 0.15) is 18.0 Å². The molecule has 0 saturated carbocycles. The molecule has 0 fully saturated rings. The summed E-state index contributed by atoms with van der Waals surface area (Å²) in [4.78, 5) is 12.4. The van der Waals surface area contributed by atoms with E-state index >= 15 is 0 Å². The van der Waals surface area contributed by atoms with Crippen LogP contribution >= 0.6 is 0 Å². The molecule has 0 saturated heterocycles. The fraction of sp³-hybridized carbons (Fsp3) is 0.581. The topological polar surface area (TPSA) is 65.0 Å². The first-order chi connectivity index (χ1) is 16.6. The molecule has 0 aliphatic rings. The third kappa shape index (κ3) is 8.07. The fourth-order valence-electron chi connectivity index (χ4n) is 4.80. The molecular formula is C31H46O5. The average Bonchev–Trinajstić information content (AvgIpc) is 2.73. The molecule has 0 aliphatic carbocycles. The first-order valence-corrected chi connectivity index (χ1v) is 13.1. The van der Waals surface area contributed by atoms with Crippen molar-refractivity contribution in [3.8, 4) is 5.75 Å². The molecule has 0 amide bonds. The molecule has 0 spiro atoms. The van der Waals surface area contributed by atoms with Crippen molar-refractivity contribution in [3.05, 3.63) is 64.2 Å². The molecule has 200 valence electrons. The summed E-state index contributed by atoms with van der Waals surface area (Å²) in [5, 5.41) is 9.85. The van der Waals surface area contributed by atoms with Gasteiger partial charge in [-0.05, 0) is 102 Å². The van der Waals surface area contributed by atoms with Gasteiger partial charge in [-0.2, -0.15) is 0 Å². The van der Waals surface area contributed by atoms with Crippen LogP contribution < -0.4 is 4.74 Å². The highest BCUT2D eigenvalue weighted by Gasteiger charge is 2.32. The van der Waals surface area contributed by atoms with Gasteiger partial charge in [-0.1, -0.05) is 44.2 Å². The van der Waals surface area contributed by atoms with Crippen LogP contribution in [0, 0.1) is 13.8 Å². The van der Waals surface area contributed by atoms with Crippen molar-refractivity contribution in [3.63, 3.8) is 0 Å². The summed E-state index contributed by atoms with van der Waals surface area (Å²) in [6, 6.07) is 12.9. The smallest absolute Gasteiger partial charge is 0.310 e. The van der Waals surface area contributed by atoms with E-state index in [1.54, 1.807) is 13.8 Å². The maximum Gasteiger partial charge on any atom is 0.310 e. The molecular weight excluding hydrogens is 452 g/mol. The van der Waals surface area contributed by atoms with Crippen LogP contribution in [0.4, 0.5) is 0 Å². The quantitative estimate of drug-likeness (QED) is 0.272. The molecule has 0 aliphatic heterocycles. The lowest BCUT2D eigenvalue weighted by Gasteiger charge is -2.34. The number of aliphatic hydroxyl groups is 1. The first-order valence-electron chi connectivity index (χ1n) is 13.1. The van der Waals surface area contributed by atoms with E-state index in [2.05, 4.69) is 58.0 Å². The second-order valence-electron chi connectivity index (χ2n) is 11.4. The molecule has 36 heavy (non-hydrogen) atoms. The number of benzene rings is 2. The van der Waals surface area contributed by atoms with Crippen molar-refractivity contribution in [2.24, 2.45) is 0 Å². The summed E-state index contributed by atoms with van der Waals surface area (Å²) in [5.41, 5.74) is 5.02. The predicted octanol–water partition coefficient (Wildman–Crippen LogP) is 6.81. The van der Waals surface area contributed by atoms with Gasteiger partial charge in [0.25, 0.3) is 0 Å². The highest BCUT2D eigenvalue weighted by Crippen LogP contribution is 2.41. The Hall–Kier alpha value is -2.37. The number of rotatable bonds is 11. The van der Waals surface area contributed by atoms with Crippen molar-refractivity contribution in [1.82, 2.24) is 0 Å². The van der Waals surface area contributed by atoms with Crippen LogP contribution in [-0.2, 0) is 26.1 Å². The Morgan fingerprint density at radius 1 is 0.917 bits per heavy atom. The van der Waals surface area contributed by atoms with Gasteiger partial charge in [0.2, 0.25) is 0 Å². The highest BCUT2D eigenvalue weighted by atomic mass is 16.6. The number of esters is 1. The fourth-order valence-corrected chi connectivity index (χ4v) is 4.80. The maximum atomic E-state index is 12.4. The minimum Gasteiger partial charge on any atom is -0.491 e. The second kappa shape index (κ2) is 11.8. The van der Waals surface area contributed by atoms with E-state index in [1.165, 1.54) is 11.1 Å². The van der Waals surface area contributed by atoms with Gasteiger partial charge in [-0.15, -0.1) is 0 Å². The minimum atomic E-state index is -1.19. The van der Waals surface area contributed by atoms with Crippen molar-refractivity contribution >= 4 is 5.97 Å². The predicted molar refractivity (Wildman–Crippen MR) is 146 cm³/mol. The summed E-state index contributed by atoms with van der Waals surface area (Å²) in [5.74, 6) is -0.580. The van der Waals surface area contributed by atoms with Crippen molar-refractivity contribution in [2.75, 3.05) is 6.61 Å². The SMILES string of the molecule is CCC(CC)(c1ccc(CC(=O)OC(C)(C)C)c(C)c1)c1ccc(OC[C@H](C)OC(C)(C)O)c(C)c1. The van der Waals surface area contributed by atoms with Gasteiger partial charge in [-0.25, -0.2) is 0 Å². The normalized spacial score (nSPS) is 13.4. The van der Waals surface area contributed by atoms with Crippen LogP contribution in [0.2, 0.25) is 0 Å². The summed E-state index contributed by atoms with van der Waals surface area (Å²) >= 11 is 0. The molecule has 0 aromatic heterocycles. The van der Waals surface area contributed by atoms with E-state index in [-0.39, 0.29) is 23.9 Å². The third-order valence-corrected chi connectivity index (χ3v) is 6.55. The Labute approximate surface area is 218 Å². The standard InChI is InChI=1S/C31H46O5/c1-11-31(12-2,25-14-13-24(21(3)17-25)19-28(32)36-29(6,7)8)26-15-16-27(22(4)18-26)34-20-23(5)35-30(9,10)33/h13-18,23,33H,11-12,19-20H2,1-10H3/t23-/m0/s1. The maximum absolute atomic E-state index is 12.4. The molecule has 2 aromatic carbocycles. The van der Waals surface area contributed by atoms with E-state index in [4.69, 9.17) is 14.2 Å². The zero-order chi connectivity index (χ0) is 27.3. The molecule has 5 heteroatoms. The van der Waals surface area contributed by atoms with Gasteiger partial charge < -0.3 is 19.3 Å². The number of aryl methyl sites for hydroxylation is 2. The van der Waals surface area contributed by atoms with Crippen molar-refractivity contribution < 1.29 is 24.1 Å². The monoisotopic (exact) mass is 498 g/mol. The minimum absolute atomic E-state index is 0.143. The largest absolute Gasteiger partial charge is 0.491 e. The average molecular weight is 499 g/mol. The van der Waals surface area contributed by atoms with Crippen LogP contribution in [0.5, 0.6) is 5.75 Å². The van der Waals surface area contributed by atoms with E-state index in [0.29, 0.717) is 6.61 Å². The van der Waals surface area contributed by atoms with Gasteiger partial charge >= 0.3 is 5.97 Å². The number of hydrogen-bond acceptors (Lipinski definition) is 5. The van der Waals surface area contributed by atoms with Crippen molar-refractivity contribution in [1.29, 1.82) is 0 Å².